The number of carbonyl (C=O) groups is 2. The van der Waals surface area contributed by atoms with Gasteiger partial charge in [0.1, 0.15) is 0 Å². The van der Waals surface area contributed by atoms with Crippen LogP contribution < -0.4 is 11.1 Å². The molecule has 0 aromatic heterocycles. The van der Waals surface area contributed by atoms with E-state index < -0.39 is 12.3 Å². The first-order valence-electron chi connectivity index (χ1n) is 7.37. The van der Waals surface area contributed by atoms with E-state index in [4.69, 9.17) is 5.73 Å². The maximum atomic E-state index is 12.3. The first-order chi connectivity index (χ1) is 11.0. The normalized spacial score (nSPS) is 15.7. The zero-order valence-corrected chi connectivity index (χ0v) is 12.7. The lowest BCUT2D eigenvalue weighted by Crippen LogP contribution is -2.51. The average Bonchev–Trinajstić information content (AvgIpc) is 2.53. The van der Waals surface area contributed by atoms with Gasteiger partial charge in [-0.15, -0.1) is 0 Å². The Bertz CT molecular complexity index is 543. The molecule has 1 aromatic carbocycles. The largest absolute Gasteiger partial charge is 0.376 e. The SMILES string of the molecule is NC(=O)c1ccc(NCC(=O)N2CCN(CC(F)F)CC2)cc1. The lowest BCUT2D eigenvalue weighted by atomic mass is 10.2. The molecule has 1 heterocycles. The molecule has 0 saturated carbocycles. The fourth-order valence-electron chi connectivity index (χ4n) is 2.42. The number of amides is 2. The van der Waals surface area contributed by atoms with Crippen molar-refractivity contribution in [3.05, 3.63) is 29.8 Å². The standard InChI is InChI=1S/C15H20F2N4O2/c16-13(17)10-20-5-7-21(8-6-20)14(22)9-19-12-3-1-11(2-4-12)15(18)23/h1-4,13,19H,5-10H2,(H2,18,23). The smallest absolute Gasteiger partial charge is 0.251 e. The fourth-order valence-corrected chi connectivity index (χ4v) is 2.42. The number of piperazine rings is 1. The molecule has 2 amide bonds. The summed E-state index contributed by atoms with van der Waals surface area (Å²) in [5.41, 5.74) is 6.26. The van der Waals surface area contributed by atoms with Gasteiger partial charge in [-0.25, -0.2) is 8.78 Å². The predicted octanol–water partition coefficient (Wildman–Crippen LogP) is 0.607. The van der Waals surface area contributed by atoms with Gasteiger partial charge in [-0.3, -0.25) is 14.5 Å². The molecule has 1 fully saturated rings. The molecule has 3 N–H and O–H groups in total. The monoisotopic (exact) mass is 326 g/mol. The number of nitrogens with zero attached hydrogens (tertiary/aromatic N) is 2. The summed E-state index contributed by atoms with van der Waals surface area (Å²) in [5, 5.41) is 2.97. The quantitative estimate of drug-likeness (QED) is 0.803. The molecule has 0 unspecified atom stereocenters. The molecule has 23 heavy (non-hydrogen) atoms. The number of primary amides is 1. The molecule has 2 rings (SSSR count). The van der Waals surface area contributed by atoms with Crippen molar-refractivity contribution in [1.82, 2.24) is 9.80 Å². The summed E-state index contributed by atoms with van der Waals surface area (Å²) in [6.07, 6.45) is -2.35. The van der Waals surface area contributed by atoms with E-state index >= 15 is 0 Å². The lowest BCUT2D eigenvalue weighted by molar-refractivity contribution is -0.131. The van der Waals surface area contributed by atoms with Gasteiger partial charge >= 0.3 is 0 Å². The molecular weight excluding hydrogens is 306 g/mol. The number of hydrogen-bond donors (Lipinski definition) is 2. The van der Waals surface area contributed by atoms with Crippen molar-refractivity contribution < 1.29 is 18.4 Å². The van der Waals surface area contributed by atoms with Gasteiger partial charge in [0, 0.05) is 37.4 Å². The van der Waals surface area contributed by atoms with Crippen molar-refractivity contribution >= 4 is 17.5 Å². The topological polar surface area (TPSA) is 78.7 Å². The van der Waals surface area contributed by atoms with E-state index in [-0.39, 0.29) is 19.0 Å². The molecule has 0 bridgehead atoms. The zero-order valence-electron chi connectivity index (χ0n) is 12.7. The Morgan fingerprint density at radius 1 is 1.13 bits per heavy atom. The van der Waals surface area contributed by atoms with Crippen LogP contribution in [0.15, 0.2) is 24.3 Å². The third kappa shape index (κ3) is 5.17. The van der Waals surface area contributed by atoms with Gasteiger partial charge in [0.15, 0.2) is 0 Å². The number of benzene rings is 1. The fraction of sp³-hybridized carbons (Fsp3) is 0.467. The summed E-state index contributed by atoms with van der Waals surface area (Å²) in [7, 11) is 0. The van der Waals surface area contributed by atoms with Gasteiger partial charge in [-0.05, 0) is 24.3 Å². The molecule has 1 aliphatic rings. The molecule has 1 aromatic rings. The molecular formula is C15H20F2N4O2. The van der Waals surface area contributed by atoms with Crippen molar-refractivity contribution in [3.8, 4) is 0 Å². The molecule has 1 saturated heterocycles. The Labute approximate surface area is 133 Å². The molecule has 6 nitrogen and oxygen atoms in total. The number of nitrogens with two attached hydrogens (primary N) is 1. The van der Waals surface area contributed by atoms with Crippen molar-refractivity contribution in [1.29, 1.82) is 0 Å². The molecule has 0 aliphatic carbocycles. The summed E-state index contributed by atoms with van der Waals surface area (Å²) >= 11 is 0. The first-order valence-corrected chi connectivity index (χ1v) is 7.37. The van der Waals surface area contributed by atoms with Crippen LogP contribution >= 0.6 is 0 Å². The number of alkyl halides is 2. The zero-order chi connectivity index (χ0) is 16.8. The van der Waals surface area contributed by atoms with E-state index in [2.05, 4.69) is 5.32 Å². The second-order valence-electron chi connectivity index (χ2n) is 5.37. The maximum absolute atomic E-state index is 12.3. The van der Waals surface area contributed by atoms with E-state index in [1.807, 2.05) is 0 Å². The number of nitrogens with one attached hydrogen (secondary N) is 1. The minimum absolute atomic E-state index is 0.0827. The Kier molecular flexibility index (Phi) is 5.86. The highest BCUT2D eigenvalue weighted by Gasteiger charge is 2.22. The van der Waals surface area contributed by atoms with Crippen LogP contribution in [-0.4, -0.2) is 67.3 Å². The molecule has 0 radical (unpaired) electrons. The van der Waals surface area contributed by atoms with Gasteiger partial charge in [0.2, 0.25) is 11.8 Å². The van der Waals surface area contributed by atoms with E-state index in [9.17, 15) is 18.4 Å². The Morgan fingerprint density at radius 3 is 2.26 bits per heavy atom. The van der Waals surface area contributed by atoms with Crippen LogP contribution in [-0.2, 0) is 4.79 Å². The van der Waals surface area contributed by atoms with Crippen LogP contribution in [0, 0.1) is 0 Å². The molecule has 0 atom stereocenters. The second kappa shape index (κ2) is 7.87. The van der Waals surface area contributed by atoms with Crippen LogP contribution in [0.25, 0.3) is 0 Å². The average molecular weight is 326 g/mol. The Hall–Kier alpha value is -2.22. The van der Waals surface area contributed by atoms with Crippen molar-refractivity contribution in [2.75, 3.05) is 44.6 Å². The number of anilines is 1. The van der Waals surface area contributed by atoms with Crippen molar-refractivity contribution in [2.45, 2.75) is 6.43 Å². The number of rotatable bonds is 6. The van der Waals surface area contributed by atoms with Crippen LogP contribution in [0.2, 0.25) is 0 Å². The van der Waals surface area contributed by atoms with Gasteiger partial charge in [-0.2, -0.15) is 0 Å². The van der Waals surface area contributed by atoms with Crippen molar-refractivity contribution in [3.63, 3.8) is 0 Å². The van der Waals surface area contributed by atoms with E-state index in [0.717, 1.165) is 0 Å². The van der Waals surface area contributed by atoms with Gasteiger partial charge in [0.05, 0.1) is 13.1 Å². The highest BCUT2D eigenvalue weighted by molar-refractivity contribution is 5.93. The van der Waals surface area contributed by atoms with Crippen LogP contribution in [0.5, 0.6) is 0 Å². The van der Waals surface area contributed by atoms with Gasteiger partial charge < -0.3 is 16.0 Å². The third-order valence-corrected chi connectivity index (χ3v) is 3.73. The summed E-state index contributed by atoms with van der Waals surface area (Å²) in [6, 6.07) is 6.51. The van der Waals surface area contributed by atoms with Crippen molar-refractivity contribution in [2.24, 2.45) is 5.73 Å². The summed E-state index contributed by atoms with van der Waals surface area (Å²) < 4.78 is 24.6. The summed E-state index contributed by atoms with van der Waals surface area (Å²) in [4.78, 5) is 26.4. The number of carbonyl (C=O) groups excluding carboxylic acids is 2. The predicted molar refractivity (Wildman–Crippen MR) is 82.5 cm³/mol. The minimum atomic E-state index is -2.35. The van der Waals surface area contributed by atoms with E-state index in [1.54, 1.807) is 34.1 Å². The summed E-state index contributed by atoms with van der Waals surface area (Å²) in [6.45, 7) is 1.70. The van der Waals surface area contributed by atoms with Crippen LogP contribution in [0.1, 0.15) is 10.4 Å². The maximum Gasteiger partial charge on any atom is 0.251 e. The Morgan fingerprint density at radius 2 is 1.74 bits per heavy atom. The van der Waals surface area contributed by atoms with Crippen LogP contribution in [0.3, 0.4) is 0 Å². The van der Waals surface area contributed by atoms with E-state index in [1.165, 1.54) is 0 Å². The van der Waals surface area contributed by atoms with Gasteiger partial charge in [-0.1, -0.05) is 0 Å². The molecule has 1 aliphatic heterocycles. The number of halogens is 2. The number of hydrogen-bond acceptors (Lipinski definition) is 4. The minimum Gasteiger partial charge on any atom is -0.376 e. The highest BCUT2D eigenvalue weighted by Crippen LogP contribution is 2.10. The van der Waals surface area contributed by atoms with Crippen LogP contribution in [0.4, 0.5) is 14.5 Å². The molecule has 0 spiro atoms. The highest BCUT2D eigenvalue weighted by atomic mass is 19.3. The molecule has 126 valence electrons. The van der Waals surface area contributed by atoms with Gasteiger partial charge in [0.25, 0.3) is 6.43 Å². The van der Waals surface area contributed by atoms with E-state index in [0.29, 0.717) is 37.4 Å². The second-order valence-corrected chi connectivity index (χ2v) is 5.37. The Balaban J connectivity index is 1.76. The lowest BCUT2D eigenvalue weighted by Gasteiger charge is -2.34. The molecule has 8 heteroatoms. The third-order valence-electron chi connectivity index (χ3n) is 3.73. The first kappa shape index (κ1) is 17.1. The summed E-state index contributed by atoms with van der Waals surface area (Å²) in [5.74, 6) is -0.588.